The van der Waals surface area contributed by atoms with E-state index in [1.807, 2.05) is 24.3 Å². The number of allylic oxidation sites excluding steroid dienone is 1. The van der Waals surface area contributed by atoms with Gasteiger partial charge in [0.15, 0.2) is 5.78 Å². The Morgan fingerprint density at radius 1 is 1.12 bits per heavy atom. The van der Waals surface area contributed by atoms with E-state index in [0.717, 1.165) is 12.0 Å². The third kappa shape index (κ3) is 5.48. The van der Waals surface area contributed by atoms with Crippen LogP contribution in [0.3, 0.4) is 0 Å². The van der Waals surface area contributed by atoms with Gasteiger partial charge in [-0.2, -0.15) is 0 Å². The Balaban J connectivity index is 2.36. The lowest BCUT2D eigenvalue weighted by atomic mass is 10.1. The molecule has 0 saturated heterocycles. The fourth-order valence-electron chi connectivity index (χ4n) is 1.74. The molecule has 0 fully saturated rings. The molecule has 0 radical (unpaired) electrons. The monoisotopic (exact) mass is 230 g/mol. The van der Waals surface area contributed by atoms with Crippen LogP contribution in [0, 0.1) is 0 Å². The summed E-state index contributed by atoms with van der Waals surface area (Å²) in [5.41, 5.74) is 1.95. The van der Waals surface area contributed by atoms with E-state index >= 15 is 0 Å². The van der Waals surface area contributed by atoms with E-state index < -0.39 is 0 Å². The second kappa shape index (κ2) is 7.83. The van der Waals surface area contributed by atoms with Gasteiger partial charge in [0.25, 0.3) is 0 Å². The van der Waals surface area contributed by atoms with Crippen molar-refractivity contribution in [3.63, 3.8) is 0 Å². The normalized spacial score (nSPS) is 10.9. The Bertz CT molecular complexity index is 360. The Kier molecular flexibility index (Phi) is 6.31. The van der Waals surface area contributed by atoms with E-state index in [9.17, 15) is 4.79 Å². The molecule has 1 rings (SSSR count). The van der Waals surface area contributed by atoms with Crippen LogP contribution in [0.15, 0.2) is 30.3 Å². The maximum Gasteiger partial charge on any atom is 0.159 e. The highest BCUT2D eigenvalue weighted by Crippen LogP contribution is 2.09. The summed E-state index contributed by atoms with van der Waals surface area (Å²) in [4.78, 5) is 11.1. The molecule has 0 atom stereocenters. The van der Waals surface area contributed by atoms with E-state index in [1.54, 1.807) is 6.92 Å². The van der Waals surface area contributed by atoms with Gasteiger partial charge in [-0.25, -0.2) is 0 Å². The second-order valence-electron chi connectivity index (χ2n) is 4.43. The third-order valence-corrected chi connectivity index (χ3v) is 2.85. The summed E-state index contributed by atoms with van der Waals surface area (Å²) in [6, 6.07) is 7.77. The van der Waals surface area contributed by atoms with Crippen LogP contribution >= 0.6 is 0 Å². The molecular formula is C16H22O. The van der Waals surface area contributed by atoms with Crippen LogP contribution in [0.25, 0.3) is 6.08 Å². The fraction of sp³-hybridized carbons (Fsp3) is 0.438. The topological polar surface area (TPSA) is 17.1 Å². The number of rotatable bonds is 7. The molecule has 0 amide bonds. The molecule has 0 heterocycles. The van der Waals surface area contributed by atoms with E-state index in [-0.39, 0.29) is 5.78 Å². The minimum absolute atomic E-state index is 0.125. The van der Waals surface area contributed by atoms with Gasteiger partial charge in [-0.3, -0.25) is 4.79 Å². The van der Waals surface area contributed by atoms with Gasteiger partial charge in [-0.05, 0) is 25.3 Å². The van der Waals surface area contributed by atoms with Crippen LogP contribution < -0.4 is 0 Å². The highest BCUT2D eigenvalue weighted by Gasteiger charge is 1.96. The standard InChI is InChI=1S/C16H22O/c1-3-4-5-6-7-8-9-15-10-12-16(13-11-15)14(2)17/h8-13H,3-7H2,1-2H3/b9-8+. The molecule has 1 aromatic carbocycles. The molecule has 0 unspecified atom stereocenters. The van der Waals surface area contributed by atoms with Gasteiger partial charge in [0, 0.05) is 5.56 Å². The average Bonchev–Trinajstić information content (AvgIpc) is 2.34. The molecular weight excluding hydrogens is 208 g/mol. The largest absolute Gasteiger partial charge is 0.295 e. The van der Waals surface area contributed by atoms with Crippen molar-refractivity contribution in [1.29, 1.82) is 0 Å². The molecule has 1 aromatic rings. The molecule has 0 spiro atoms. The molecule has 0 aliphatic heterocycles. The van der Waals surface area contributed by atoms with Crippen molar-refractivity contribution in [2.45, 2.75) is 46.0 Å². The van der Waals surface area contributed by atoms with Crippen molar-refractivity contribution in [2.75, 3.05) is 0 Å². The summed E-state index contributed by atoms with van der Waals surface area (Å²) in [5, 5.41) is 0. The van der Waals surface area contributed by atoms with Crippen LogP contribution in [-0.2, 0) is 0 Å². The van der Waals surface area contributed by atoms with Gasteiger partial charge in [0.05, 0.1) is 0 Å². The van der Waals surface area contributed by atoms with Gasteiger partial charge in [0.2, 0.25) is 0 Å². The first-order valence-corrected chi connectivity index (χ1v) is 6.51. The van der Waals surface area contributed by atoms with Crippen LogP contribution in [0.2, 0.25) is 0 Å². The van der Waals surface area contributed by atoms with Gasteiger partial charge in [-0.1, -0.05) is 62.6 Å². The van der Waals surface area contributed by atoms with Crippen molar-refractivity contribution >= 4 is 11.9 Å². The zero-order valence-corrected chi connectivity index (χ0v) is 10.9. The molecule has 0 bridgehead atoms. The number of hydrogen-bond donors (Lipinski definition) is 0. The Morgan fingerprint density at radius 3 is 2.41 bits per heavy atom. The molecule has 1 nitrogen and oxygen atoms in total. The van der Waals surface area contributed by atoms with Crippen LogP contribution in [-0.4, -0.2) is 5.78 Å². The number of carbonyl (C=O) groups excluding carboxylic acids is 1. The van der Waals surface area contributed by atoms with Crippen molar-refractivity contribution in [2.24, 2.45) is 0 Å². The van der Waals surface area contributed by atoms with E-state index in [4.69, 9.17) is 0 Å². The second-order valence-corrected chi connectivity index (χ2v) is 4.43. The smallest absolute Gasteiger partial charge is 0.159 e. The molecule has 17 heavy (non-hydrogen) atoms. The molecule has 0 aliphatic carbocycles. The van der Waals surface area contributed by atoms with Crippen molar-refractivity contribution < 1.29 is 4.79 Å². The first-order valence-electron chi connectivity index (χ1n) is 6.51. The van der Waals surface area contributed by atoms with Gasteiger partial charge in [-0.15, -0.1) is 0 Å². The minimum atomic E-state index is 0.125. The van der Waals surface area contributed by atoms with Crippen LogP contribution in [0.1, 0.15) is 61.9 Å². The van der Waals surface area contributed by atoms with Gasteiger partial charge in [0.1, 0.15) is 0 Å². The number of benzene rings is 1. The predicted molar refractivity (Wildman–Crippen MR) is 74.2 cm³/mol. The Labute approximate surface area is 105 Å². The summed E-state index contributed by atoms with van der Waals surface area (Å²) in [6.07, 6.45) is 10.7. The number of unbranched alkanes of at least 4 members (excludes halogenated alkanes) is 4. The average molecular weight is 230 g/mol. The number of ketones is 1. The van der Waals surface area contributed by atoms with E-state index in [0.29, 0.717) is 0 Å². The molecule has 1 heteroatoms. The Hall–Kier alpha value is -1.37. The van der Waals surface area contributed by atoms with Gasteiger partial charge < -0.3 is 0 Å². The summed E-state index contributed by atoms with van der Waals surface area (Å²) in [6.45, 7) is 3.82. The first-order chi connectivity index (χ1) is 8.24. The summed E-state index contributed by atoms with van der Waals surface area (Å²) in [7, 11) is 0. The fourth-order valence-corrected chi connectivity index (χ4v) is 1.74. The molecule has 0 saturated carbocycles. The van der Waals surface area contributed by atoms with Gasteiger partial charge >= 0.3 is 0 Å². The van der Waals surface area contributed by atoms with Crippen LogP contribution in [0.5, 0.6) is 0 Å². The number of hydrogen-bond acceptors (Lipinski definition) is 1. The zero-order chi connectivity index (χ0) is 12.5. The third-order valence-electron chi connectivity index (χ3n) is 2.85. The molecule has 0 aliphatic rings. The van der Waals surface area contributed by atoms with E-state index in [1.165, 1.54) is 31.2 Å². The maximum absolute atomic E-state index is 11.1. The number of Topliss-reactive ketones (excluding diaryl/α,β-unsaturated/α-hetero) is 1. The van der Waals surface area contributed by atoms with Crippen LogP contribution in [0.4, 0.5) is 0 Å². The number of carbonyl (C=O) groups is 1. The summed E-state index contributed by atoms with van der Waals surface area (Å²) in [5.74, 6) is 0.125. The first kappa shape index (κ1) is 13.7. The lowest BCUT2D eigenvalue weighted by Gasteiger charge is -1.97. The lowest BCUT2D eigenvalue weighted by Crippen LogP contribution is -1.90. The van der Waals surface area contributed by atoms with E-state index in [2.05, 4.69) is 19.1 Å². The highest BCUT2D eigenvalue weighted by atomic mass is 16.1. The summed E-state index contributed by atoms with van der Waals surface area (Å²) >= 11 is 0. The summed E-state index contributed by atoms with van der Waals surface area (Å²) < 4.78 is 0. The molecule has 0 aromatic heterocycles. The predicted octanol–water partition coefficient (Wildman–Crippen LogP) is 4.87. The van der Waals surface area contributed by atoms with Crippen molar-refractivity contribution in [3.8, 4) is 0 Å². The highest BCUT2D eigenvalue weighted by molar-refractivity contribution is 5.94. The zero-order valence-electron chi connectivity index (χ0n) is 10.9. The minimum Gasteiger partial charge on any atom is -0.295 e. The maximum atomic E-state index is 11.1. The Morgan fingerprint density at radius 2 is 1.82 bits per heavy atom. The van der Waals surface area contributed by atoms with Crippen molar-refractivity contribution in [3.05, 3.63) is 41.5 Å². The SMILES string of the molecule is CCCCCC/C=C/c1ccc(C(C)=O)cc1. The molecule has 0 N–H and O–H groups in total. The van der Waals surface area contributed by atoms with Crippen molar-refractivity contribution in [1.82, 2.24) is 0 Å². The molecule has 92 valence electrons. The lowest BCUT2D eigenvalue weighted by molar-refractivity contribution is 0.101. The quantitative estimate of drug-likeness (QED) is 0.482.